The van der Waals surface area contributed by atoms with E-state index < -0.39 is 24.0 Å². The van der Waals surface area contributed by atoms with E-state index in [1.54, 1.807) is 0 Å². The van der Waals surface area contributed by atoms with Crippen LogP contribution in [0.25, 0.3) is 0 Å². The van der Waals surface area contributed by atoms with Crippen molar-refractivity contribution in [2.45, 2.75) is 31.7 Å². The van der Waals surface area contributed by atoms with Crippen LogP contribution in [0.2, 0.25) is 0 Å². The predicted molar refractivity (Wildman–Crippen MR) is 74.9 cm³/mol. The van der Waals surface area contributed by atoms with Crippen LogP contribution >= 0.6 is 11.8 Å². The van der Waals surface area contributed by atoms with Gasteiger partial charge in [0.15, 0.2) is 0 Å². The minimum absolute atomic E-state index is 0.105. The van der Waals surface area contributed by atoms with E-state index in [0.717, 1.165) is 17.9 Å². The second-order valence-corrected chi connectivity index (χ2v) is 5.91. The minimum atomic E-state index is -1.15. The first-order valence-electron chi connectivity index (χ1n) is 6.55. The fraction of sp³-hybridized carbons (Fsp3) is 0.750. The monoisotopic (exact) mass is 304 g/mol. The standard InChI is InChI=1S/C12H20N2O5S/c15-10(16)3-1-2-9(11(17)18)14-12(19)13-6-8-4-5-20-7-8/h8-9H,1-7H2,(H,15,16)(H,17,18)(H2,13,14,19)/t8?,9-/m1/s1. The Hall–Kier alpha value is -1.44. The van der Waals surface area contributed by atoms with Crippen LogP contribution < -0.4 is 10.6 Å². The van der Waals surface area contributed by atoms with E-state index in [4.69, 9.17) is 10.2 Å². The maximum Gasteiger partial charge on any atom is 0.326 e. The maximum absolute atomic E-state index is 11.6. The number of carbonyl (C=O) groups excluding carboxylic acids is 1. The van der Waals surface area contributed by atoms with Crippen molar-refractivity contribution in [3.8, 4) is 0 Å². The Kier molecular flexibility index (Phi) is 7.21. The highest BCUT2D eigenvalue weighted by Gasteiger charge is 2.21. The summed E-state index contributed by atoms with van der Waals surface area (Å²) in [5.41, 5.74) is 0. The zero-order valence-electron chi connectivity index (χ0n) is 11.1. The highest BCUT2D eigenvalue weighted by Crippen LogP contribution is 2.22. The van der Waals surface area contributed by atoms with E-state index in [2.05, 4.69) is 10.6 Å². The van der Waals surface area contributed by atoms with E-state index in [1.165, 1.54) is 0 Å². The van der Waals surface area contributed by atoms with Gasteiger partial charge in [-0.2, -0.15) is 11.8 Å². The molecule has 1 fully saturated rings. The molecule has 2 atom stereocenters. The minimum Gasteiger partial charge on any atom is -0.481 e. The summed E-state index contributed by atoms with van der Waals surface area (Å²) in [7, 11) is 0. The van der Waals surface area contributed by atoms with Crippen LogP contribution in [0.4, 0.5) is 4.79 Å². The number of carboxylic acid groups (broad SMARTS) is 2. The summed E-state index contributed by atoms with van der Waals surface area (Å²) in [5, 5.41) is 22.5. The van der Waals surface area contributed by atoms with E-state index in [1.807, 2.05) is 11.8 Å². The molecule has 0 bridgehead atoms. The first-order chi connectivity index (χ1) is 9.49. The molecule has 0 aromatic carbocycles. The summed E-state index contributed by atoms with van der Waals surface area (Å²) in [6.07, 6.45) is 1.28. The number of urea groups is 1. The summed E-state index contributed by atoms with van der Waals surface area (Å²) in [4.78, 5) is 33.0. The lowest BCUT2D eigenvalue weighted by molar-refractivity contribution is -0.140. The molecule has 1 saturated heterocycles. The smallest absolute Gasteiger partial charge is 0.326 e. The number of aliphatic carboxylic acids is 2. The molecule has 4 N–H and O–H groups in total. The molecule has 8 heteroatoms. The van der Waals surface area contributed by atoms with Crippen LogP contribution in [0.1, 0.15) is 25.7 Å². The van der Waals surface area contributed by atoms with Gasteiger partial charge in [0.25, 0.3) is 0 Å². The zero-order chi connectivity index (χ0) is 15.0. The molecule has 2 amide bonds. The van der Waals surface area contributed by atoms with Gasteiger partial charge in [-0.3, -0.25) is 4.79 Å². The second kappa shape index (κ2) is 8.68. The summed E-state index contributed by atoms with van der Waals surface area (Å²) >= 11 is 1.85. The first kappa shape index (κ1) is 16.6. The Bertz CT molecular complexity index is 358. The molecular weight excluding hydrogens is 284 g/mol. The van der Waals surface area contributed by atoms with E-state index in [9.17, 15) is 14.4 Å². The molecule has 0 radical (unpaired) electrons. The van der Waals surface area contributed by atoms with Crippen LogP contribution in [0.3, 0.4) is 0 Å². The average molecular weight is 304 g/mol. The lowest BCUT2D eigenvalue weighted by atomic mass is 10.1. The number of carboxylic acids is 2. The van der Waals surface area contributed by atoms with Gasteiger partial charge in [-0.1, -0.05) is 0 Å². The van der Waals surface area contributed by atoms with Crippen LogP contribution in [0.5, 0.6) is 0 Å². The quantitative estimate of drug-likeness (QED) is 0.526. The van der Waals surface area contributed by atoms with Gasteiger partial charge < -0.3 is 20.8 Å². The Morgan fingerprint density at radius 3 is 2.60 bits per heavy atom. The molecule has 1 rings (SSSR count). The first-order valence-corrected chi connectivity index (χ1v) is 7.71. The number of hydrogen-bond acceptors (Lipinski definition) is 4. The van der Waals surface area contributed by atoms with Gasteiger partial charge in [-0.15, -0.1) is 0 Å². The lowest BCUT2D eigenvalue weighted by Crippen LogP contribution is -2.47. The van der Waals surface area contributed by atoms with Crippen LogP contribution in [0.15, 0.2) is 0 Å². The molecule has 114 valence electrons. The summed E-state index contributed by atoms with van der Waals surface area (Å²) in [5.74, 6) is 0.433. The van der Waals surface area contributed by atoms with Gasteiger partial charge in [-0.05, 0) is 36.7 Å². The average Bonchev–Trinajstić information content (AvgIpc) is 2.87. The molecule has 0 saturated carbocycles. The number of nitrogens with one attached hydrogen (secondary N) is 2. The molecule has 0 spiro atoms. The number of amides is 2. The largest absolute Gasteiger partial charge is 0.481 e. The van der Waals surface area contributed by atoms with Crippen molar-refractivity contribution in [3.63, 3.8) is 0 Å². The fourth-order valence-electron chi connectivity index (χ4n) is 1.91. The molecule has 1 heterocycles. The van der Waals surface area contributed by atoms with Crippen LogP contribution in [-0.4, -0.2) is 52.3 Å². The highest BCUT2D eigenvalue weighted by molar-refractivity contribution is 7.99. The highest BCUT2D eigenvalue weighted by atomic mass is 32.2. The third kappa shape index (κ3) is 6.65. The summed E-state index contributed by atoms with van der Waals surface area (Å²) in [6, 6.07) is -1.56. The van der Waals surface area contributed by atoms with Gasteiger partial charge in [0, 0.05) is 13.0 Å². The maximum atomic E-state index is 11.6. The predicted octanol–water partition coefficient (Wildman–Crippen LogP) is 0.747. The Morgan fingerprint density at radius 2 is 2.05 bits per heavy atom. The van der Waals surface area contributed by atoms with Gasteiger partial charge in [-0.25, -0.2) is 9.59 Å². The van der Waals surface area contributed by atoms with E-state index in [-0.39, 0.29) is 19.3 Å². The molecule has 7 nitrogen and oxygen atoms in total. The zero-order valence-corrected chi connectivity index (χ0v) is 11.9. The number of rotatable bonds is 8. The molecule has 1 aliphatic rings. The molecule has 0 aliphatic carbocycles. The van der Waals surface area contributed by atoms with Gasteiger partial charge in [0.2, 0.25) is 0 Å². The van der Waals surface area contributed by atoms with E-state index in [0.29, 0.717) is 12.5 Å². The number of hydrogen-bond donors (Lipinski definition) is 4. The number of thioether (sulfide) groups is 1. The normalized spacial score (nSPS) is 19.3. The van der Waals surface area contributed by atoms with Gasteiger partial charge >= 0.3 is 18.0 Å². The van der Waals surface area contributed by atoms with Gasteiger partial charge in [0.1, 0.15) is 6.04 Å². The topological polar surface area (TPSA) is 116 Å². The SMILES string of the molecule is O=C(O)CCC[C@@H](NC(=O)NCC1CCSC1)C(=O)O. The van der Waals surface area contributed by atoms with Crippen LogP contribution in [0, 0.1) is 5.92 Å². The Labute approximate surface area is 121 Å². The van der Waals surface area contributed by atoms with Crippen LogP contribution in [-0.2, 0) is 9.59 Å². The molecular formula is C12H20N2O5S. The fourth-order valence-corrected chi connectivity index (χ4v) is 3.19. The van der Waals surface area contributed by atoms with Gasteiger partial charge in [0.05, 0.1) is 0 Å². The molecule has 1 aliphatic heterocycles. The lowest BCUT2D eigenvalue weighted by Gasteiger charge is -2.16. The third-order valence-electron chi connectivity index (χ3n) is 3.06. The summed E-state index contributed by atoms with van der Waals surface area (Å²) < 4.78 is 0. The number of carbonyl (C=O) groups is 3. The molecule has 0 aromatic heterocycles. The van der Waals surface area contributed by atoms with Crippen molar-refractivity contribution in [1.29, 1.82) is 0 Å². The summed E-state index contributed by atoms with van der Waals surface area (Å²) in [6.45, 7) is 0.542. The van der Waals surface area contributed by atoms with Crippen molar-refractivity contribution in [1.82, 2.24) is 10.6 Å². The Balaban J connectivity index is 2.26. The third-order valence-corrected chi connectivity index (χ3v) is 4.29. The van der Waals surface area contributed by atoms with Crippen molar-refractivity contribution < 1.29 is 24.6 Å². The Morgan fingerprint density at radius 1 is 1.30 bits per heavy atom. The van der Waals surface area contributed by atoms with Crippen molar-refractivity contribution in [3.05, 3.63) is 0 Å². The van der Waals surface area contributed by atoms with Crippen molar-refractivity contribution in [2.75, 3.05) is 18.1 Å². The molecule has 20 heavy (non-hydrogen) atoms. The van der Waals surface area contributed by atoms with E-state index >= 15 is 0 Å². The molecule has 0 aromatic rings. The van der Waals surface area contributed by atoms with Crippen molar-refractivity contribution >= 4 is 29.7 Å². The second-order valence-electron chi connectivity index (χ2n) is 4.76. The molecule has 1 unspecified atom stereocenters. The van der Waals surface area contributed by atoms with Crippen molar-refractivity contribution in [2.24, 2.45) is 5.92 Å².